The minimum absolute atomic E-state index is 0.0208. The Balaban J connectivity index is -0.000000249. The second kappa shape index (κ2) is 13.0. The zero-order valence-corrected chi connectivity index (χ0v) is 13.7. The molecular formula is C13H29N3O6. The largest absolute Gasteiger partial charge is 0.480 e. The highest BCUT2D eigenvalue weighted by Crippen LogP contribution is 1.96. The summed E-state index contributed by atoms with van der Waals surface area (Å²) in [5.41, 5.74) is 15.2. The number of carboxylic acid groups (broad SMARTS) is 3. The molecule has 0 fully saturated rings. The third-order valence-electron chi connectivity index (χ3n) is 2.40. The fraction of sp³-hybridized carbons (Fsp3) is 0.769. The van der Waals surface area contributed by atoms with Crippen LogP contribution in [0.15, 0.2) is 0 Å². The minimum Gasteiger partial charge on any atom is -0.480 e. The van der Waals surface area contributed by atoms with Gasteiger partial charge in [0.25, 0.3) is 0 Å². The van der Waals surface area contributed by atoms with Gasteiger partial charge in [-0.1, -0.05) is 27.7 Å². The van der Waals surface area contributed by atoms with Gasteiger partial charge in [-0.3, -0.25) is 14.4 Å². The summed E-state index contributed by atoms with van der Waals surface area (Å²) >= 11 is 0. The number of carbonyl (C=O) groups is 3. The van der Waals surface area contributed by atoms with E-state index in [4.69, 9.17) is 32.5 Å². The Hall–Kier alpha value is -1.71. The van der Waals surface area contributed by atoms with E-state index in [0.29, 0.717) is 0 Å². The van der Waals surface area contributed by atoms with Gasteiger partial charge in [0, 0.05) is 0 Å². The van der Waals surface area contributed by atoms with Gasteiger partial charge in [0.1, 0.15) is 18.1 Å². The first-order valence-electron chi connectivity index (χ1n) is 6.70. The second-order valence-corrected chi connectivity index (χ2v) is 5.34. The zero-order valence-electron chi connectivity index (χ0n) is 13.7. The number of hydrogen-bond donors (Lipinski definition) is 6. The molecule has 0 spiro atoms. The van der Waals surface area contributed by atoms with Crippen molar-refractivity contribution in [2.75, 3.05) is 0 Å². The van der Waals surface area contributed by atoms with Crippen molar-refractivity contribution in [3.63, 3.8) is 0 Å². The molecule has 9 nitrogen and oxygen atoms in total. The lowest BCUT2D eigenvalue weighted by Crippen LogP contribution is -2.34. The number of carboxylic acids is 3. The van der Waals surface area contributed by atoms with Crippen molar-refractivity contribution in [1.29, 1.82) is 0 Å². The van der Waals surface area contributed by atoms with E-state index in [-0.39, 0.29) is 11.8 Å². The van der Waals surface area contributed by atoms with Gasteiger partial charge in [-0.15, -0.1) is 0 Å². The Kier molecular flexibility index (Phi) is 14.9. The molecule has 9 heteroatoms. The monoisotopic (exact) mass is 323 g/mol. The van der Waals surface area contributed by atoms with Crippen LogP contribution < -0.4 is 17.2 Å². The molecule has 0 unspecified atom stereocenters. The number of nitrogens with two attached hydrogens (primary N) is 3. The van der Waals surface area contributed by atoms with Crippen molar-refractivity contribution >= 4 is 17.9 Å². The molecule has 132 valence electrons. The lowest BCUT2D eigenvalue weighted by atomic mass is 10.1. The zero-order chi connectivity index (χ0) is 18.6. The molecule has 0 heterocycles. The Bertz CT molecular complexity index is 321. The maximum absolute atomic E-state index is 10.0. The Morgan fingerprint density at radius 2 is 0.818 bits per heavy atom. The molecule has 0 amide bonds. The summed E-state index contributed by atoms with van der Waals surface area (Å²) < 4.78 is 0. The lowest BCUT2D eigenvalue weighted by Gasteiger charge is -2.07. The fourth-order valence-corrected chi connectivity index (χ4v) is 0.570. The van der Waals surface area contributed by atoms with E-state index in [9.17, 15) is 14.4 Å². The van der Waals surface area contributed by atoms with E-state index < -0.39 is 36.0 Å². The Morgan fingerprint density at radius 1 is 0.636 bits per heavy atom. The molecule has 3 atom stereocenters. The number of aliphatic carboxylic acids is 3. The Labute approximate surface area is 130 Å². The lowest BCUT2D eigenvalue weighted by molar-refractivity contribution is -0.140. The Morgan fingerprint density at radius 3 is 0.818 bits per heavy atom. The smallest absolute Gasteiger partial charge is 0.320 e. The van der Waals surface area contributed by atoms with Gasteiger partial charge in [-0.2, -0.15) is 0 Å². The van der Waals surface area contributed by atoms with Crippen LogP contribution in [-0.4, -0.2) is 51.4 Å². The molecule has 0 rings (SSSR count). The van der Waals surface area contributed by atoms with Crippen molar-refractivity contribution in [3.05, 3.63) is 0 Å². The minimum atomic E-state index is -0.963. The van der Waals surface area contributed by atoms with Crippen LogP contribution in [0.2, 0.25) is 0 Å². The van der Waals surface area contributed by atoms with E-state index in [2.05, 4.69) is 0 Å². The summed E-state index contributed by atoms with van der Waals surface area (Å²) in [4.78, 5) is 29.6. The molecule has 0 aliphatic carbocycles. The molecule has 0 saturated carbocycles. The quantitative estimate of drug-likeness (QED) is 0.388. The van der Waals surface area contributed by atoms with Gasteiger partial charge in [-0.05, 0) is 18.8 Å². The van der Waals surface area contributed by atoms with Gasteiger partial charge in [-0.25, -0.2) is 0 Å². The van der Waals surface area contributed by atoms with Crippen LogP contribution in [0.4, 0.5) is 0 Å². The highest BCUT2D eigenvalue weighted by atomic mass is 16.4. The number of hydrogen-bond acceptors (Lipinski definition) is 6. The van der Waals surface area contributed by atoms with Crippen LogP contribution in [0.1, 0.15) is 34.6 Å². The average Bonchev–Trinajstić information content (AvgIpc) is 2.37. The van der Waals surface area contributed by atoms with E-state index in [1.165, 1.54) is 6.92 Å². The summed E-state index contributed by atoms with van der Waals surface area (Å²) in [5.74, 6) is -2.78. The topological polar surface area (TPSA) is 190 Å². The average molecular weight is 323 g/mol. The first-order valence-corrected chi connectivity index (χ1v) is 6.70. The van der Waals surface area contributed by atoms with Crippen molar-refractivity contribution in [2.45, 2.75) is 52.7 Å². The predicted octanol–water partition coefficient (Wildman–Crippen LogP) is -0.473. The van der Waals surface area contributed by atoms with Gasteiger partial charge in [0.15, 0.2) is 0 Å². The summed E-state index contributed by atoms with van der Waals surface area (Å²) in [6, 6.07) is -2.16. The van der Waals surface area contributed by atoms with Gasteiger partial charge in [0.05, 0.1) is 0 Å². The molecule has 0 aromatic heterocycles. The number of rotatable bonds is 5. The van der Waals surface area contributed by atoms with E-state index in [0.717, 1.165) is 0 Å². The van der Waals surface area contributed by atoms with Gasteiger partial charge >= 0.3 is 17.9 Å². The molecule has 0 radical (unpaired) electrons. The molecule has 0 aliphatic rings. The summed E-state index contributed by atoms with van der Waals surface area (Å²) in [6.07, 6.45) is 0. The van der Waals surface area contributed by atoms with Crippen LogP contribution in [0, 0.1) is 11.8 Å². The summed E-state index contributed by atoms with van der Waals surface area (Å²) in [6.45, 7) is 8.53. The molecular weight excluding hydrogens is 294 g/mol. The molecule has 0 aliphatic heterocycles. The molecule has 0 saturated heterocycles. The third kappa shape index (κ3) is 16.3. The van der Waals surface area contributed by atoms with Crippen molar-refractivity contribution in [2.24, 2.45) is 29.0 Å². The molecule has 9 N–H and O–H groups in total. The second-order valence-electron chi connectivity index (χ2n) is 5.34. The van der Waals surface area contributed by atoms with Crippen molar-refractivity contribution < 1.29 is 29.7 Å². The maximum atomic E-state index is 10.0. The van der Waals surface area contributed by atoms with Crippen LogP contribution in [0.25, 0.3) is 0 Å². The highest BCUT2D eigenvalue weighted by Gasteiger charge is 2.14. The van der Waals surface area contributed by atoms with Gasteiger partial charge < -0.3 is 32.5 Å². The predicted molar refractivity (Wildman–Crippen MR) is 82.2 cm³/mol. The van der Waals surface area contributed by atoms with Crippen molar-refractivity contribution in [1.82, 2.24) is 0 Å². The summed E-state index contributed by atoms with van der Waals surface area (Å²) in [5, 5.41) is 24.3. The van der Waals surface area contributed by atoms with E-state index >= 15 is 0 Å². The van der Waals surface area contributed by atoms with Crippen LogP contribution >= 0.6 is 0 Å². The third-order valence-corrected chi connectivity index (χ3v) is 2.40. The molecule has 0 aromatic rings. The fourth-order valence-electron chi connectivity index (χ4n) is 0.570. The SMILES string of the molecule is CC(C)[C@H](N)C(=O)O.CC(C)[C@H](N)C(=O)O.C[C@H](N)C(=O)O. The first-order chi connectivity index (χ1) is 9.75. The summed E-state index contributed by atoms with van der Waals surface area (Å²) in [7, 11) is 0. The molecule has 22 heavy (non-hydrogen) atoms. The van der Waals surface area contributed by atoms with Gasteiger partial charge in [0.2, 0.25) is 0 Å². The van der Waals surface area contributed by atoms with E-state index in [1.54, 1.807) is 27.7 Å². The normalized spacial score (nSPS) is 13.9. The molecule has 0 bridgehead atoms. The first kappa shape index (κ1) is 25.3. The molecule has 0 aromatic carbocycles. The highest BCUT2D eigenvalue weighted by molar-refractivity contribution is 5.73. The van der Waals surface area contributed by atoms with Crippen LogP contribution in [-0.2, 0) is 14.4 Å². The van der Waals surface area contributed by atoms with E-state index in [1.807, 2.05) is 0 Å². The maximum Gasteiger partial charge on any atom is 0.320 e. The van der Waals surface area contributed by atoms with Crippen LogP contribution in [0.5, 0.6) is 0 Å². The van der Waals surface area contributed by atoms with Crippen molar-refractivity contribution in [3.8, 4) is 0 Å². The standard InChI is InChI=1S/2C5H11NO2.C3H7NO2/c2*1-3(2)4(6)5(7)8;1-2(4)3(5)6/h2*3-4H,6H2,1-2H3,(H,7,8);2H,4H2,1H3,(H,5,6)/t2*4-;2-/m000/s1. The van der Waals surface area contributed by atoms with Crippen LogP contribution in [0.3, 0.4) is 0 Å².